The minimum Gasteiger partial charge on any atom is -0.493 e. The van der Waals surface area contributed by atoms with Crippen LogP contribution >= 0.6 is 0 Å². The van der Waals surface area contributed by atoms with Crippen molar-refractivity contribution in [3.8, 4) is 11.5 Å². The zero-order chi connectivity index (χ0) is 14.4. The van der Waals surface area contributed by atoms with Gasteiger partial charge in [0.25, 0.3) is 5.69 Å². The number of nitro benzene ring substituents is 1. The topological polar surface area (TPSA) is 87.6 Å². The third kappa shape index (κ3) is 3.57. The average molecular weight is 268 g/mol. The van der Waals surface area contributed by atoms with Gasteiger partial charge >= 0.3 is 0 Å². The first-order chi connectivity index (χ1) is 9.04. The molecule has 0 aliphatic heterocycles. The van der Waals surface area contributed by atoms with E-state index in [1.807, 2.05) is 0 Å². The van der Waals surface area contributed by atoms with Crippen LogP contribution in [0.1, 0.15) is 37.8 Å². The van der Waals surface area contributed by atoms with Crippen LogP contribution in [0, 0.1) is 10.1 Å². The van der Waals surface area contributed by atoms with Crippen LogP contribution in [0.3, 0.4) is 0 Å². The van der Waals surface area contributed by atoms with Gasteiger partial charge in [0.2, 0.25) is 0 Å². The Bertz CT molecular complexity index is 449. The fourth-order valence-corrected chi connectivity index (χ4v) is 1.92. The highest BCUT2D eigenvalue weighted by Crippen LogP contribution is 2.37. The first-order valence-electron chi connectivity index (χ1n) is 6.21. The molecule has 0 radical (unpaired) electrons. The van der Waals surface area contributed by atoms with Gasteiger partial charge < -0.3 is 15.2 Å². The van der Waals surface area contributed by atoms with Crippen molar-refractivity contribution in [2.75, 3.05) is 14.2 Å². The molecule has 0 aromatic heterocycles. The summed E-state index contributed by atoms with van der Waals surface area (Å²) in [5.74, 6) is 0.788. The highest BCUT2D eigenvalue weighted by molar-refractivity contribution is 5.55. The molecule has 2 N–H and O–H groups in total. The van der Waals surface area contributed by atoms with Crippen molar-refractivity contribution >= 4 is 5.69 Å². The van der Waals surface area contributed by atoms with Gasteiger partial charge in [0.05, 0.1) is 30.8 Å². The summed E-state index contributed by atoms with van der Waals surface area (Å²) in [5, 5.41) is 11.1. The molecule has 0 amide bonds. The Kier molecular flexibility index (Phi) is 5.57. The Morgan fingerprint density at radius 2 is 1.89 bits per heavy atom. The van der Waals surface area contributed by atoms with Crippen LogP contribution in [0.5, 0.6) is 11.5 Å². The predicted molar refractivity (Wildman–Crippen MR) is 72.7 cm³/mol. The van der Waals surface area contributed by atoms with E-state index in [-0.39, 0.29) is 11.7 Å². The maximum atomic E-state index is 11.1. The van der Waals surface area contributed by atoms with E-state index in [0.29, 0.717) is 23.5 Å². The van der Waals surface area contributed by atoms with Crippen LogP contribution in [-0.2, 0) is 0 Å². The van der Waals surface area contributed by atoms with E-state index in [9.17, 15) is 10.1 Å². The molecule has 0 saturated carbocycles. The first-order valence-corrected chi connectivity index (χ1v) is 6.21. The van der Waals surface area contributed by atoms with Crippen molar-refractivity contribution in [1.82, 2.24) is 0 Å². The summed E-state index contributed by atoms with van der Waals surface area (Å²) in [5.41, 5.74) is 6.49. The Balaban J connectivity index is 3.23. The lowest BCUT2D eigenvalue weighted by molar-refractivity contribution is -0.385. The molecule has 0 fully saturated rings. The van der Waals surface area contributed by atoms with Crippen molar-refractivity contribution in [3.05, 3.63) is 27.8 Å². The van der Waals surface area contributed by atoms with Crippen molar-refractivity contribution in [3.63, 3.8) is 0 Å². The van der Waals surface area contributed by atoms with Crippen LogP contribution in [0.15, 0.2) is 12.1 Å². The van der Waals surface area contributed by atoms with Crippen LogP contribution in [-0.4, -0.2) is 19.1 Å². The number of hydrogen-bond acceptors (Lipinski definition) is 5. The van der Waals surface area contributed by atoms with Gasteiger partial charge in [0.15, 0.2) is 11.5 Å². The zero-order valence-corrected chi connectivity index (χ0v) is 11.5. The standard InChI is InChI=1S/C13H20N2O4/c1-4-5-6-10(14)9-7-12(18-2)13(19-3)8-11(9)15(16)17/h7-8,10H,4-6,14H2,1-3H3/t10-/m1/s1. The number of nitrogens with two attached hydrogens (primary N) is 1. The Morgan fingerprint density at radius 1 is 1.32 bits per heavy atom. The highest BCUT2D eigenvalue weighted by Gasteiger charge is 2.23. The van der Waals surface area contributed by atoms with Crippen molar-refractivity contribution in [2.24, 2.45) is 5.73 Å². The number of ether oxygens (including phenoxy) is 2. The minimum atomic E-state index is -0.441. The molecule has 0 aliphatic carbocycles. The quantitative estimate of drug-likeness (QED) is 0.606. The molecule has 6 nitrogen and oxygen atoms in total. The normalized spacial score (nSPS) is 12.0. The molecule has 0 aliphatic rings. The van der Waals surface area contributed by atoms with Gasteiger partial charge in [0.1, 0.15) is 0 Å². The lowest BCUT2D eigenvalue weighted by atomic mass is 9.99. The third-order valence-corrected chi connectivity index (χ3v) is 3.00. The maximum Gasteiger partial charge on any atom is 0.278 e. The summed E-state index contributed by atoms with van der Waals surface area (Å²) in [6, 6.07) is 2.58. The molecule has 1 atom stereocenters. The second-order valence-corrected chi connectivity index (χ2v) is 4.27. The fourth-order valence-electron chi connectivity index (χ4n) is 1.92. The molecule has 1 aromatic rings. The number of nitro groups is 1. The zero-order valence-electron chi connectivity index (χ0n) is 11.5. The molecule has 0 spiro atoms. The lowest BCUT2D eigenvalue weighted by Crippen LogP contribution is -2.13. The lowest BCUT2D eigenvalue weighted by Gasteiger charge is -2.15. The molecule has 19 heavy (non-hydrogen) atoms. The van der Waals surface area contributed by atoms with Crippen molar-refractivity contribution in [1.29, 1.82) is 0 Å². The Hall–Kier alpha value is -1.82. The number of unbranched alkanes of at least 4 members (excludes halogenated alkanes) is 1. The molecule has 0 unspecified atom stereocenters. The van der Waals surface area contributed by atoms with Crippen LogP contribution in [0.2, 0.25) is 0 Å². The number of methoxy groups -OCH3 is 2. The molecular formula is C13H20N2O4. The number of rotatable bonds is 7. The first kappa shape index (κ1) is 15.2. The van der Waals surface area contributed by atoms with E-state index in [4.69, 9.17) is 15.2 Å². The molecule has 106 valence electrons. The number of hydrogen-bond donors (Lipinski definition) is 1. The van der Waals surface area contributed by atoms with Gasteiger partial charge in [-0.3, -0.25) is 10.1 Å². The highest BCUT2D eigenvalue weighted by atomic mass is 16.6. The van der Waals surface area contributed by atoms with E-state index in [1.54, 1.807) is 6.07 Å². The summed E-state index contributed by atoms with van der Waals surface area (Å²) in [7, 11) is 2.93. The van der Waals surface area contributed by atoms with Crippen molar-refractivity contribution < 1.29 is 14.4 Å². The fraction of sp³-hybridized carbons (Fsp3) is 0.538. The SMILES string of the molecule is CCCC[C@@H](N)c1cc(OC)c(OC)cc1[N+](=O)[O-]. The van der Waals surface area contributed by atoms with E-state index >= 15 is 0 Å². The Labute approximate surface area is 112 Å². The molecule has 0 saturated heterocycles. The maximum absolute atomic E-state index is 11.1. The van der Waals surface area contributed by atoms with E-state index in [2.05, 4.69) is 6.92 Å². The van der Waals surface area contributed by atoms with Crippen molar-refractivity contribution in [2.45, 2.75) is 32.2 Å². The average Bonchev–Trinajstić information content (AvgIpc) is 2.42. The third-order valence-electron chi connectivity index (χ3n) is 3.00. The van der Waals surface area contributed by atoms with Gasteiger partial charge in [-0.2, -0.15) is 0 Å². The summed E-state index contributed by atoms with van der Waals surface area (Å²) < 4.78 is 10.2. The summed E-state index contributed by atoms with van der Waals surface area (Å²) in [4.78, 5) is 10.7. The smallest absolute Gasteiger partial charge is 0.278 e. The van der Waals surface area contributed by atoms with Gasteiger partial charge in [-0.15, -0.1) is 0 Å². The van der Waals surface area contributed by atoms with Gasteiger partial charge in [-0.1, -0.05) is 19.8 Å². The van der Waals surface area contributed by atoms with E-state index in [0.717, 1.165) is 12.8 Å². The molecule has 0 bridgehead atoms. The van der Waals surface area contributed by atoms with Gasteiger partial charge in [0, 0.05) is 6.04 Å². The molecule has 6 heteroatoms. The van der Waals surface area contributed by atoms with Crippen LogP contribution in [0.25, 0.3) is 0 Å². The summed E-state index contributed by atoms with van der Waals surface area (Å²) in [6.07, 6.45) is 2.62. The Morgan fingerprint density at radius 3 is 2.37 bits per heavy atom. The summed E-state index contributed by atoms with van der Waals surface area (Å²) >= 11 is 0. The second kappa shape index (κ2) is 6.94. The second-order valence-electron chi connectivity index (χ2n) is 4.27. The van der Waals surface area contributed by atoms with Crippen LogP contribution in [0.4, 0.5) is 5.69 Å². The van der Waals surface area contributed by atoms with Crippen LogP contribution < -0.4 is 15.2 Å². The predicted octanol–water partition coefficient (Wildman–Crippen LogP) is 2.80. The molecule has 1 aromatic carbocycles. The minimum absolute atomic E-state index is 0.0266. The molecular weight excluding hydrogens is 248 g/mol. The molecule has 0 heterocycles. The molecule has 1 rings (SSSR count). The summed E-state index contributed by atoms with van der Waals surface area (Å²) in [6.45, 7) is 2.05. The number of nitrogens with zero attached hydrogens (tertiary/aromatic N) is 1. The monoisotopic (exact) mass is 268 g/mol. The van der Waals surface area contributed by atoms with Gasteiger partial charge in [-0.25, -0.2) is 0 Å². The number of benzene rings is 1. The largest absolute Gasteiger partial charge is 0.493 e. The van der Waals surface area contributed by atoms with E-state index < -0.39 is 4.92 Å². The van der Waals surface area contributed by atoms with E-state index in [1.165, 1.54) is 20.3 Å². The van der Waals surface area contributed by atoms with Gasteiger partial charge in [-0.05, 0) is 12.5 Å².